The zero-order valence-corrected chi connectivity index (χ0v) is 7.06. The molecule has 0 heterocycles. The monoisotopic (exact) mass is 184 g/mol. The van der Waals surface area contributed by atoms with Crippen LogP contribution in [0.25, 0.3) is 0 Å². The molecule has 5 heteroatoms. The summed E-state index contributed by atoms with van der Waals surface area (Å²) in [6.07, 6.45) is -2.61. The Morgan fingerprint density at radius 3 is 2.36 bits per heavy atom. The van der Waals surface area contributed by atoms with Crippen LogP contribution in [0.15, 0.2) is 12.2 Å². The Balaban J connectivity index is 0. The second kappa shape index (κ2) is 6.15. The second-order valence-corrected chi connectivity index (χ2v) is 1.77. The lowest BCUT2D eigenvalue weighted by molar-refractivity contribution is -0.142. The van der Waals surface area contributed by atoms with E-state index in [-0.39, 0.29) is 19.1 Å². The summed E-state index contributed by atoms with van der Waals surface area (Å²) in [4.78, 5) is 10.4. The standard InChI is InChI=1S/C6H8F2O2.H2S/c1-4(2)6(9)10-3-5(7)8;/h5H,1,3H2,2H3;1H2. The van der Waals surface area contributed by atoms with Crippen LogP contribution >= 0.6 is 13.5 Å². The van der Waals surface area contributed by atoms with Gasteiger partial charge in [-0.15, -0.1) is 0 Å². The minimum absolute atomic E-state index is 0. The third-order valence-corrected chi connectivity index (χ3v) is 0.689. The molecule has 0 fully saturated rings. The van der Waals surface area contributed by atoms with Crippen LogP contribution in [0, 0.1) is 0 Å². The van der Waals surface area contributed by atoms with Gasteiger partial charge in [-0.1, -0.05) is 6.58 Å². The number of hydrogen-bond acceptors (Lipinski definition) is 2. The van der Waals surface area contributed by atoms with E-state index in [4.69, 9.17) is 0 Å². The Morgan fingerprint density at radius 1 is 1.64 bits per heavy atom. The molecule has 0 aliphatic carbocycles. The van der Waals surface area contributed by atoms with Gasteiger partial charge in [0.05, 0.1) is 0 Å². The van der Waals surface area contributed by atoms with Gasteiger partial charge in [-0.05, 0) is 6.92 Å². The second-order valence-electron chi connectivity index (χ2n) is 1.77. The maximum absolute atomic E-state index is 11.4. The van der Waals surface area contributed by atoms with Gasteiger partial charge in [0.15, 0.2) is 6.61 Å². The molecule has 66 valence electrons. The molecule has 0 aliphatic heterocycles. The van der Waals surface area contributed by atoms with Crippen molar-refractivity contribution in [2.24, 2.45) is 0 Å². The number of rotatable bonds is 3. The number of esters is 1. The van der Waals surface area contributed by atoms with Crippen molar-refractivity contribution in [2.45, 2.75) is 13.3 Å². The Morgan fingerprint density at radius 2 is 2.09 bits per heavy atom. The maximum Gasteiger partial charge on any atom is 0.333 e. The van der Waals surface area contributed by atoms with Gasteiger partial charge in [-0.25, -0.2) is 13.6 Å². The molecule has 0 unspecified atom stereocenters. The number of ether oxygens (including phenoxy) is 1. The third kappa shape index (κ3) is 7.32. The molecule has 0 bridgehead atoms. The van der Waals surface area contributed by atoms with E-state index in [1.54, 1.807) is 0 Å². The topological polar surface area (TPSA) is 26.3 Å². The summed E-state index contributed by atoms with van der Waals surface area (Å²) in [5.41, 5.74) is 0.126. The lowest BCUT2D eigenvalue weighted by atomic mass is 10.4. The van der Waals surface area contributed by atoms with Gasteiger partial charge in [0.25, 0.3) is 6.43 Å². The van der Waals surface area contributed by atoms with Gasteiger partial charge in [0, 0.05) is 5.57 Å². The highest BCUT2D eigenvalue weighted by molar-refractivity contribution is 7.59. The van der Waals surface area contributed by atoms with Crippen LogP contribution < -0.4 is 0 Å². The Kier molecular flexibility index (Phi) is 7.29. The van der Waals surface area contributed by atoms with E-state index >= 15 is 0 Å². The fourth-order valence-electron chi connectivity index (χ4n) is 0.262. The van der Waals surface area contributed by atoms with Crippen molar-refractivity contribution >= 4 is 19.5 Å². The number of halogens is 2. The van der Waals surface area contributed by atoms with Crippen molar-refractivity contribution in [3.8, 4) is 0 Å². The fraction of sp³-hybridized carbons (Fsp3) is 0.500. The largest absolute Gasteiger partial charge is 0.456 e. The summed E-state index contributed by atoms with van der Waals surface area (Å²) in [6.45, 7) is 3.75. The van der Waals surface area contributed by atoms with Gasteiger partial charge in [-0.2, -0.15) is 13.5 Å². The highest BCUT2D eigenvalue weighted by atomic mass is 32.1. The van der Waals surface area contributed by atoms with Crippen LogP contribution in [0.2, 0.25) is 0 Å². The van der Waals surface area contributed by atoms with E-state index in [0.29, 0.717) is 0 Å². The normalized spacial score (nSPS) is 8.73. The molecule has 0 aromatic rings. The molecular weight excluding hydrogens is 174 g/mol. The molecule has 11 heavy (non-hydrogen) atoms. The Hall–Kier alpha value is -0.580. The summed E-state index contributed by atoms with van der Waals surface area (Å²) >= 11 is 0. The molecule has 0 radical (unpaired) electrons. The summed E-state index contributed by atoms with van der Waals surface area (Å²) in [5, 5.41) is 0. The van der Waals surface area contributed by atoms with E-state index in [2.05, 4.69) is 11.3 Å². The average Bonchev–Trinajstić information content (AvgIpc) is 1.82. The van der Waals surface area contributed by atoms with E-state index in [1.807, 2.05) is 0 Å². The van der Waals surface area contributed by atoms with Gasteiger partial charge < -0.3 is 4.74 Å². The molecule has 0 N–H and O–H groups in total. The van der Waals surface area contributed by atoms with Crippen LogP contribution in [-0.4, -0.2) is 19.0 Å². The molecule has 0 atom stereocenters. The minimum Gasteiger partial charge on any atom is -0.456 e. The van der Waals surface area contributed by atoms with Crippen LogP contribution in [-0.2, 0) is 9.53 Å². The third-order valence-electron chi connectivity index (χ3n) is 0.689. The lowest BCUT2D eigenvalue weighted by Gasteiger charge is -2.01. The van der Waals surface area contributed by atoms with Crippen molar-refractivity contribution in [3.63, 3.8) is 0 Å². The molecular formula is C6H10F2O2S. The Bertz CT molecular complexity index is 148. The number of alkyl halides is 2. The predicted molar refractivity (Wildman–Crippen MR) is 42.2 cm³/mol. The first-order valence-corrected chi connectivity index (χ1v) is 2.65. The summed E-state index contributed by atoms with van der Waals surface area (Å²) in [7, 11) is 0. The zero-order valence-electron chi connectivity index (χ0n) is 6.06. The molecule has 0 aliphatic rings. The van der Waals surface area contributed by atoms with E-state index in [1.165, 1.54) is 6.92 Å². The summed E-state index contributed by atoms with van der Waals surface area (Å²) in [5.74, 6) is -0.777. The zero-order chi connectivity index (χ0) is 8.15. The molecule has 0 rings (SSSR count). The summed E-state index contributed by atoms with van der Waals surface area (Å²) < 4.78 is 26.8. The molecule has 0 aromatic carbocycles. The maximum atomic E-state index is 11.4. The smallest absolute Gasteiger partial charge is 0.333 e. The van der Waals surface area contributed by atoms with Gasteiger partial charge in [0.2, 0.25) is 0 Å². The minimum atomic E-state index is -2.61. The highest BCUT2D eigenvalue weighted by Gasteiger charge is 2.07. The molecule has 0 amide bonds. The van der Waals surface area contributed by atoms with Gasteiger partial charge >= 0.3 is 5.97 Å². The molecule has 0 saturated carbocycles. The van der Waals surface area contributed by atoms with Crippen molar-refractivity contribution in [1.82, 2.24) is 0 Å². The highest BCUT2D eigenvalue weighted by Crippen LogP contribution is 1.96. The van der Waals surface area contributed by atoms with Gasteiger partial charge in [-0.3, -0.25) is 0 Å². The van der Waals surface area contributed by atoms with E-state index < -0.39 is 19.0 Å². The molecule has 2 nitrogen and oxygen atoms in total. The van der Waals surface area contributed by atoms with Crippen LogP contribution in [0.1, 0.15) is 6.92 Å². The first-order chi connectivity index (χ1) is 4.54. The first-order valence-electron chi connectivity index (χ1n) is 2.65. The van der Waals surface area contributed by atoms with Gasteiger partial charge in [0.1, 0.15) is 0 Å². The van der Waals surface area contributed by atoms with E-state index in [9.17, 15) is 13.6 Å². The average molecular weight is 184 g/mol. The summed E-state index contributed by atoms with van der Waals surface area (Å²) in [6, 6.07) is 0. The van der Waals surface area contributed by atoms with Crippen LogP contribution in [0.5, 0.6) is 0 Å². The van der Waals surface area contributed by atoms with Crippen LogP contribution in [0.3, 0.4) is 0 Å². The van der Waals surface area contributed by atoms with E-state index in [0.717, 1.165) is 0 Å². The van der Waals surface area contributed by atoms with Crippen molar-refractivity contribution in [2.75, 3.05) is 6.61 Å². The molecule has 0 aromatic heterocycles. The number of hydrogen-bond donors (Lipinski definition) is 0. The van der Waals surface area contributed by atoms with Crippen molar-refractivity contribution in [3.05, 3.63) is 12.2 Å². The Labute approximate surface area is 70.7 Å². The fourth-order valence-corrected chi connectivity index (χ4v) is 0.262. The van der Waals surface area contributed by atoms with Crippen molar-refractivity contribution in [1.29, 1.82) is 0 Å². The molecule has 0 saturated heterocycles. The van der Waals surface area contributed by atoms with Crippen molar-refractivity contribution < 1.29 is 18.3 Å². The lowest BCUT2D eigenvalue weighted by Crippen LogP contribution is -2.11. The first kappa shape index (κ1) is 13.0. The SMILES string of the molecule is C=C(C)C(=O)OCC(F)F.S. The van der Waals surface area contributed by atoms with Crippen LogP contribution in [0.4, 0.5) is 8.78 Å². The molecule has 0 spiro atoms. The number of carbonyl (C=O) groups excluding carboxylic acids is 1. The quantitative estimate of drug-likeness (QED) is 0.490. The number of carbonyl (C=O) groups is 1. The predicted octanol–water partition coefficient (Wildman–Crippen LogP) is 1.48.